The van der Waals surface area contributed by atoms with E-state index < -0.39 is 4.92 Å². The lowest BCUT2D eigenvalue weighted by molar-refractivity contribution is -0.385. The van der Waals surface area contributed by atoms with E-state index in [0.29, 0.717) is 16.2 Å². The Morgan fingerprint density at radius 3 is 2.64 bits per heavy atom. The fourth-order valence-electron chi connectivity index (χ4n) is 2.22. The number of para-hydroxylation sites is 1. The van der Waals surface area contributed by atoms with Crippen LogP contribution in [0.1, 0.15) is 5.56 Å². The maximum atomic E-state index is 11.0. The number of nitrogens with zero attached hydrogens (tertiary/aromatic N) is 4. The van der Waals surface area contributed by atoms with Gasteiger partial charge in [-0.05, 0) is 30.4 Å². The Morgan fingerprint density at radius 1 is 1.16 bits per heavy atom. The maximum Gasteiger partial charge on any atom is 0.276 e. The molecule has 0 amide bonds. The van der Waals surface area contributed by atoms with Gasteiger partial charge in [-0.3, -0.25) is 10.1 Å². The number of aromatic amines is 1. The molecule has 0 aliphatic carbocycles. The summed E-state index contributed by atoms with van der Waals surface area (Å²) in [6, 6.07) is 16.0. The number of nitro benzene ring substituents is 1. The predicted octanol–water partition coefficient (Wildman–Crippen LogP) is 4.06. The molecule has 2 aromatic carbocycles. The van der Waals surface area contributed by atoms with Crippen LogP contribution in [-0.2, 0) is 0 Å². The van der Waals surface area contributed by atoms with E-state index in [1.807, 2.05) is 30.3 Å². The van der Waals surface area contributed by atoms with E-state index in [9.17, 15) is 10.1 Å². The van der Waals surface area contributed by atoms with Crippen LogP contribution in [0.5, 0.6) is 0 Å². The molecule has 0 radical (unpaired) electrons. The van der Waals surface area contributed by atoms with Gasteiger partial charge in [-0.25, -0.2) is 5.10 Å². The SMILES string of the molecule is O=[N+]([O-])c1ccccc1/C=C/C=N\n1c(-c2ccccc2)n[nH]c1=S. The van der Waals surface area contributed by atoms with Gasteiger partial charge in [-0.15, -0.1) is 0 Å². The van der Waals surface area contributed by atoms with Gasteiger partial charge < -0.3 is 0 Å². The average Bonchev–Trinajstić information content (AvgIpc) is 3.00. The normalized spacial score (nSPS) is 11.4. The van der Waals surface area contributed by atoms with E-state index in [2.05, 4.69) is 15.3 Å². The van der Waals surface area contributed by atoms with E-state index >= 15 is 0 Å². The third kappa shape index (κ3) is 3.75. The average molecular weight is 351 g/mol. The summed E-state index contributed by atoms with van der Waals surface area (Å²) in [5.41, 5.74) is 1.41. The number of rotatable bonds is 5. The number of nitro groups is 1. The minimum absolute atomic E-state index is 0.0389. The number of allylic oxidation sites excluding steroid dienone is 1. The molecule has 1 N–H and O–H groups in total. The smallest absolute Gasteiger partial charge is 0.258 e. The van der Waals surface area contributed by atoms with Crippen molar-refractivity contribution in [2.24, 2.45) is 5.10 Å². The molecule has 25 heavy (non-hydrogen) atoms. The molecule has 0 spiro atoms. The largest absolute Gasteiger partial charge is 0.276 e. The summed E-state index contributed by atoms with van der Waals surface area (Å²) in [6.07, 6.45) is 4.74. The summed E-state index contributed by atoms with van der Waals surface area (Å²) in [5, 5.41) is 22.1. The van der Waals surface area contributed by atoms with Crippen molar-refractivity contribution in [1.82, 2.24) is 14.9 Å². The van der Waals surface area contributed by atoms with Gasteiger partial charge in [0.25, 0.3) is 5.69 Å². The molecular weight excluding hydrogens is 338 g/mol. The zero-order chi connectivity index (χ0) is 17.6. The molecule has 0 atom stereocenters. The summed E-state index contributed by atoms with van der Waals surface area (Å²) in [4.78, 5) is 10.6. The highest BCUT2D eigenvalue weighted by molar-refractivity contribution is 7.71. The van der Waals surface area contributed by atoms with Crippen molar-refractivity contribution in [1.29, 1.82) is 0 Å². The lowest BCUT2D eigenvalue weighted by Gasteiger charge is -1.99. The molecule has 0 unspecified atom stereocenters. The monoisotopic (exact) mass is 351 g/mol. The van der Waals surface area contributed by atoms with Crippen LogP contribution in [0.25, 0.3) is 17.5 Å². The standard InChI is InChI=1S/C17H13N5O2S/c23-22(24)15-11-5-4-7-13(15)10-6-12-18-21-16(19-20-17(21)25)14-8-2-1-3-9-14/h1-12H,(H,20,25)/b10-6+,18-12-. The third-order valence-corrected chi connectivity index (χ3v) is 3.62. The first-order chi connectivity index (χ1) is 12.2. The first-order valence-corrected chi connectivity index (χ1v) is 7.75. The molecule has 3 rings (SSSR count). The van der Waals surface area contributed by atoms with Crippen LogP contribution < -0.4 is 0 Å². The highest BCUT2D eigenvalue weighted by Gasteiger charge is 2.09. The van der Waals surface area contributed by atoms with Crippen molar-refractivity contribution in [3.8, 4) is 11.4 Å². The first kappa shape index (κ1) is 16.5. The molecule has 1 aromatic heterocycles. The van der Waals surface area contributed by atoms with Crippen LogP contribution in [0.4, 0.5) is 5.69 Å². The highest BCUT2D eigenvalue weighted by atomic mass is 32.1. The van der Waals surface area contributed by atoms with E-state index in [0.717, 1.165) is 5.56 Å². The first-order valence-electron chi connectivity index (χ1n) is 7.34. The molecule has 0 fully saturated rings. The molecule has 0 saturated carbocycles. The highest BCUT2D eigenvalue weighted by Crippen LogP contribution is 2.19. The number of benzene rings is 2. The van der Waals surface area contributed by atoms with E-state index in [1.165, 1.54) is 17.0 Å². The number of aromatic nitrogens is 3. The van der Waals surface area contributed by atoms with E-state index in [4.69, 9.17) is 12.2 Å². The molecule has 0 aliphatic heterocycles. The van der Waals surface area contributed by atoms with Crippen LogP contribution in [-0.4, -0.2) is 26.0 Å². The molecule has 7 nitrogen and oxygen atoms in total. The Kier molecular flexibility index (Phi) is 4.91. The van der Waals surface area contributed by atoms with Crippen LogP contribution in [0, 0.1) is 14.9 Å². The second-order valence-electron chi connectivity index (χ2n) is 4.97. The van der Waals surface area contributed by atoms with Crippen molar-refractivity contribution >= 4 is 30.2 Å². The Morgan fingerprint density at radius 2 is 1.88 bits per heavy atom. The van der Waals surface area contributed by atoms with Gasteiger partial charge in [0.05, 0.1) is 10.5 Å². The lowest BCUT2D eigenvalue weighted by Crippen LogP contribution is -1.93. The molecular formula is C17H13N5O2S. The second kappa shape index (κ2) is 7.45. The van der Waals surface area contributed by atoms with Gasteiger partial charge in [0, 0.05) is 17.8 Å². The molecule has 8 heteroatoms. The van der Waals surface area contributed by atoms with Crippen molar-refractivity contribution in [3.05, 3.63) is 81.1 Å². The minimum atomic E-state index is -0.420. The van der Waals surface area contributed by atoms with Crippen LogP contribution in [0.2, 0.25) is 0 Å². The van der Waals surface area contributed by atoms with Crippen LogP contribution >= 0.6 is 12.2 Å². The summed E-state index contributed by atoms with van der Waals surface area (Å²) in [6.45, 7) is 0. The van der Waals surface area contributed by atoms with Gasteiger partial charge in [0.1, 0.15) is 0 Å². The Balaban J connectivity index is 1.86. The summed E-state index contributed by atoms with van der Waals surface area (Å²) in [7, 11) is 0. The molecule has 3 aromatic rings. The topological polar surface area (TPSA) is 89.1 Å². The number of hydrogen-bond donors (Lipinski definition) is 1. The molecule has 124 valence electrons. The quantitative estimate of drug-likeness (QED) is 0.325. The fraction of sp³-hybridized carbons (Fsp3) is 0. The van der Waals surface area contributed by atoms with Gasteiger partial charge in [0.15, 0.2) is 5.82 Å². The number of H-pyrrole nitrogens is 1. The summed E-state index contributed by atoms with van der Waals surface area (Å²) in [5.74, 6) is 0.584. The minimum Gasteiger partial charge on any atom is -0.258 e. The Bertz CT molecular complexity index is 1010. The van der Waals surface area contributed by atoms with Gasteiger partial charge in [-0.1, -0.05) is 42.5 Å². The lowest BCUT2D eigenvalue weighted by atomic mass is 10.2. The van der Waals surface area contributed by atoms with Crippen molar-refractivity contribution < 1.29 is 4.92 Å². The Hall–Kier alpha value is -3.39. The maximum absolute atomic E-state index is 11.0. The van der Waals surface area contributed by atoms with Crippen molar-refractivity contribution in [3.63, 3.8) is 0 Å². The number of nitrogens with one attached hydrogen (secondary N) is 1. The summed E-state index contributed by atoms with van der Waals surface area (Å²) >= 11 is 5.19. The molecule has 0 saturated heterocycles. The summed E-state index contributed by atoms with van der Waals surface area (Å²) < 4.78 is 1.85. The second-order valence-corrected chi connectivity index (χ2v) is 5.36. The van der Waals surface area contributed by atoms with Crippen molar-refractivity contribution in [2.45, 2.75) is 0 Å². The zero-order valence-corrected chi connectivity index (χ0v) is 13.8. The fourth-order valence-corrected chi connectivity index (χ4v) is 2.40. The van der Waals surface area contributed by atoms with Gasteiger partial charge in [0.2, 0.25) is 4.77 Å². The predicted molar refractivity (Wildman–Crippen MR) is 98.9 cm³/mol. The van der Waals surface area contributed by atoms with Crippen molar-refractivity contribution in [2.75, 3.05) is 0 Å². The van der Waals surface area contributed by atoms with E-state index in [1.54, 1.807) is 30.4 Å². The molecule has 0 bridgehead atoms. The molecule has 0 aliphatic rings. The third-order valence-electron chi connectivity index (χ3n) is 3.36. The molecule has 1 heterocycles. The number of hydrogen-bond acceptors (Lipinski definition) is 5. The zero-order valence-electron chi connectivity index (χ0n) is 12.9. The van der Waals surface area contributed by atoms with E-state index in [-0.39, 0.29) is 5.69 Å². The van der Waals surface area contributed by atoms with Crippen LogP contribution in [0.15, 0.2) is 65.8 Å². The van der Waals surface area contributed by atoms with Gasteiger partial charge >= 0.3 is 0 Å². The van der Waals surface area contributed by atoms with Crippen LogP contribution in [0.3, 0.4) is 0 Å². The van der Waals surface area contributed by atoms with Gasteiger partial charge in [-0.2, -0.15) is 14.9 Å². The Labute approximate surface area is 148 Å².